The summed E-state index contributed by atoms with van der Waals surface area (Å²) in [6.07, 6.45) is 0. The minimum atomic E-state index is -0.616. The van der Waals surface area contributed by atoms with Crippen molar-refractivity contribution >= 4 is 27.7 Å². The third kappa shape index (κ3) is 6.70. The van der Waals surface area contributed by atoms with Crippen LogP contribution < -0.4 is 9.47 Å². The average Bonchev–Trinajstić information content (AvgIpc) is 3.24. The molecule has 0 saturated carbocycles. The first-order chi connectivity index (χ1) is 18.2. The Morgan fingerprint density at radius 1 is 1.08 bits per heavy atom. The first-order valence-corrected chi connectivity index (χ1v) is 13.5. The van der Waals surface area contributed by atoms with Crippen molar-refractivity contribution in [2.45, 2.75) is 37.8 Å². The van der Waals surface area contributed by atoms with E-state index in [1.807, 2.05) is 38.1 Å². The number of nitrogens with zero attached hydrogens (tertiary/aromatic N) is 4. The Kier molecular flexibility index (Phi) is 9.01. The van der Waals surface area contributed by atoms with Crippen molar-refractivity contribution in [2.75, 3.05) is 13.2 Å². The fourth-order valence-electron chi connectivity index (χ4n) is 3.80. The molecule has 0 radical (unpaired) electrons. The van der Waals surface area contributed by atoms with E-state index in [0.29, 0.717) is 51.4 Å². The van der Waals surface area contributed by atoms with Crippen LogP contribution in [0.3, 0.4) is 0 Å². The van der Waals surface area contributed by atoms with Crippen molar-refractivity contribution in [3.8, 4) is 17.2 Å². The lowest BCUT2D eigenvalue weighted by molar-refractivity contribution is -0.479. The van der Waals surface area contributed by atoms with Gasteiger partial charge in [0.1, 0.15) is 23.5 Å². The number of hydrogen-bond acceptors (Lipinski definition) is 7. The zero-order valence-corrected chi connectivity index (χ0v) is 23.5. The van der Waals surface area contributed by atoms with E-state index in [2.05, 4.69) is 26.1 Å². The van der Waals surface area contributed by atoms with Crippen molar-refractivity contribution in [1.29, 1.82) is 0 Å². The number of benzene rings is 3. The van der Waals surface area contributed by atoms with Crippen molar-refractivity contribution in [2.24, 2.45) is 0 Å². The average molecular weight is 601 g/mol. The van der Waals surface area contributed by atoms with Gasteiger partial charge in [-0.05, 0) is 84.2 Å². The van der Waals surface area contributed by atoms with Crippen LogP contribution in [0.4, 0.5) is 4.39 Å². The van der Waals surface area contributed by atoms with E-state index in [4.69, 9.17) is 9.47 Å². The van der Waals surface area contributed by atoms with Crippen LogP contribution in [-0.2, 0) is 6.61 Å². The molecule has 1 atom stereocenters. The van der Waals surface area contributed by atoms with Gasteiger partial charge in [-0.1, -0.05) is 41.6 Å². The molecule has 1 aromatic heterocycles. The molecule has 0 N–H and O–H groups in total. The number of hydrogen-bond donors (Lipinski definition) is 0. The molecular weight excluding hydrogens is 575 g/mol. The number of thioether (sulfide) groups is 1. The molecule has 198 valence electrons. The van der Waals surface area contributed by atoms with Crippen molar-refractivity contribution in [3.05, 3.63) is 104 Å². The molecule has 8 nitrogen and oxygen atoms in total. The highest BCUT2D eigenvalue weighted by molar-refractivity contribution is 9.10. The summed E-state index contributed by atoms with van der Waals surface area (Å²) in [5, 5.41) is 19.9. The summed E-state index contributed by atoms with van der Waals surface area (Å²) < 4.78 is 27.8. The standard InChI is InChI=1S/C27H26BrFN4O4S/c1-4-36-24-14-20(13-23(28)26(24)37-16-19-7-5-17(2)6-8-19)25(15-32(34)35)38-27-31-30-18(3)33(27)22-11-9-21(29)10-12-22/h5-14,25H,4,15-16H2,1-3H3/t25-/m0/s1. The summed E-state index contributed by atoms with van der Waals surface area (Å²) in [7, 11) is 0. The molecule has 38 heavy (non-hydrogen) atoms. The third-order valence-corrected chi connectivity index (χ3v) is 7.42. The first-order valence-electron chi connectivity index (χ1n) is 11.9. The van der Waals surface area contributed by atoms with E-state index < -0.39 is 5.25 Å². The lowest BCUT2D eigenvalue weighted by Crippen LogP contribution is -2.12. The molecular formula is C27H26BrFN4O4S. The highest BCUT2D eigenvalue weighted by atomic mass is 79.9. The Morgan fingerprint density at radius 3 is 2.45 bits per heavy atom. The maximum absolute atomic E-state index is 13.5. The quantitative estimate of drug-likeness (QED) is 0.105. The Labute approximate surface area is 232 Å². The molecule has 0 fully saturated rings. The predicted octanol–water partition coefficient (Wildman–Crippen LogP) is 6.87. The maximum Gasteiger partial charge on any atom is 0.220 e. The minimum Gasteiger partial charge on any atom is -0.490 e. The summed E-state index contributed by atoms with van der Waals surface area (Å²) in [4.78, 5) is 11.3. The molecule has 11 heteroatoms. The lowest BCUT2D eigenvalue weighted by Gasteiger charge is -2.19. The summed E-state index contributed by atoms with van der Waals surface area (Å²) >= 11 is 4.79. The van der Waals surface area contributed by atoms with Crippen molar-refractivity contribution in [3.63, 3.8) is 0 Å². The van der Waals surface area contributed by atoms with E-state index >= 15 is 0 Å². The maximum atomic E-state index is 13.5. The van der Waals surface area contributed by atoms with Gasteiger partial charge in [-0.25, -0.2) is 4.39 Å². The van der Waals surface area contributed by atoms with E-state index in [1.165, 1.54) is 23.9 Å². The monoisotopic (exact) mass is 600 g/mol. The third-order valence-electron chi connectivity index (χ3n) is 5.65. The zero-order valence-electron chi connectivity index (χ0n) is 21.1. The Morgan fingerprint density at radius 2 is 1.79 bits per heavy atom. The number of nitro groups is 1. The van der Waals surface area contributed by atoms with E-state index in [0.717, 1.165) is 11.1 Å². The molecule has 0 amide bonds. The van der Waals surface area contributed by atoms with Gasteiger partial charge < -0.3 is 9.47 Å². The summed E-state index contributed by atoms with van der Waals surface area (Å²) in [5.74, 6) is 1.22. The molecule has 3 aromatic carbocycles. The molecule has 1 heterocycles. The minimum absolute atomic E-state index is 0.339. The number of rotatable bonds is 11. The number of ether oxygens (including phenoxy) is 2. The molecule has 0 aliphatic carbocycles. The van der Waals surface area contributed by atoms with Crippen LogP contribution in [0.1, 0.15) is 34.7 Å². The van der Waals surface area contributed by atoms with Gasteiger partial charge in [0.2, 0.25) is 6.54 Å². The normalized spacial score (nSPS) is 11.8. The van der Waals surface area contributed by atoms with Crippen LogP contribution in [0, 0.1) is 29.8 Å². The van der Waals surface area contributed by atoms with Crippen LogP contribution in [0.25, 0.3) is 5.69 Å². The lowest BCUT2D eigenvalue weighted by atomic mass is 10.1. The number of aryl methyl sites for hydroxylation is 2. The van der Waals surface area contributed by atoms with Crippen LogP contribution in [0.2, 0.25) is 0 Å². The van der Waals surface area contributed by atoms with E-state index in [1.54, 1.807) is 35.8 Å². The second kappa shape index (κ2) is 12.4. The van der Waals surface area contributed by atoms with E-state index in [-0.39, 0.29) is 17.3 Å². The summed E-state index contributed by atoms with van der Waals surface area (Å²) in [6, 6.07) is 17.5. The number of aromatic nitrogens is 3. The van der Waals surface area contributed by atoms with Gasteiger partial charge in [-0.3, -0.25) is 14.7 Å². The van der Waals surface area contributed by atoms with Crippen LogP contribution >= 0.6 is 27.7 Å². The highest BCUT2D eigenvalue weighted by Crippen LogP contribution is 2.43. The first kappa shape index (κ1) is 27.6. The van der Waals surface area contributed by atoms with Crippen LogP contribution in [0.15, 0.2) is 70.3 Å². The molecule has 0 spiro atoms. The van der Waals surface area contributed by atoms with Crippen molar-refractivity contribution < 1.29 is 18.8 Å². The van der Waals surface area contributed by atoms with Gasteiger partial charge in [0.25, 0.3) is 0 Å². The predicted molar refractivity (Wildman–Crippen MR) is 147 cm³/mol. The second-order valence-corrected chi connectivity index (χ2v) is 10.5. The molecule has 0 bridgehead atoms. The van der Waals surface area contributed by atoms with Gasteiger partial charge in [0.15, 0.2) is 16.7 Å². The van der Waals surface area contributed by atoms with Gasteiger partial charge >= 0.3 is 0 Å². The Bertz CT molecular complexity index is 1410. The van der Waals surface area contributed by atoms with Crippen LogP contribution in [0.5, 0.6) is 11.5 Å². The van der Waals surface area contributed by atoms with Crippen LogP contribution in [-0.4, -0.2) is 32.8 Å². The second-order valence-electron chi connectivity index (χ2n) is 8.50. The van der Waals surface area contributed by atoms with E-state index in [9.17, 15) is 14.5 Å². The fraction of sp³-hybridized carbons (Fsp3) is 0.259. The topological polar surface area (TPSA) is 92.3 Å². The largest absolute Gasteiger partial charge is 0.490 e. The SMILES string of the molecule is CCOc1cc([C@H](C[N+](=O)[O-])Sc2nnc(C)n2-c2ccc(F)cc2)cc(Br)c1OCc1ccc(C)cc1. The smallest absolute Gasteiger partial charge is 0.220 e. The molecule has 0 aliphatic heterocycles. The van der Waals surface area contributed by atoms with Gasteiger partial charge in [-0.2, -0.15) is 0 Å². The van der Waals surface area contributed by atoms with Gasteiger partial charge in [-0.15, -0.1) is 10.2 Å². The summed E-state index contributed by atoms with van der Waals surface area (Å²) in [5.41, 5.74) is 3.49. The number of halogens is 2. The highest BCUT2D eigenvalue weighted by Gasteiger charge is 2.26. The Hall–Kier alpha value is -3.44. The molecule has 4 rings (SSSR count). The molecule has 4 aromatic rings. The summed E-state index contributed by atoms with van der Waals surface area (Å²) in [6.45, 7) is 6.03. The fourth-order valence-corrected chi connectivity index (χ4v) is 5.52. The van der Waals surface area contributed by atoms with Gasteiger partial charge in [0.05, 0.1) is 11.1 Å². The Balaban J connectivity index is 1.66. The zero-order chi connectivity index (χ0) is 27.2. The molecule has 0 aliphatic rings. The van der Waals surface area contributed by atoms with Gasteiger partial charge in [0, 0.05) is 10.6 Å². The molecule has 0 unspecified atom stereocenters. The molecule has 0 saturated heterocycles. The van der Waals surface area contributed by atoms with Crippen molar-refractivity contribution in [1.82, 2.24) is 14.8 Å².